The molecule has 0 amide bonds. The van der Waals surface area contributed by atoms with Gasteiger partial charge in [0, 0.05) is 11.9 Å². The SMILES string of the molecule is CCCC(CBr)(CCC)CN1CCCC(C)(C)CC1. The van der Waals surface area contributed by atoms with Crippen LogP contribution >= 0.6 is 15.9 Å². The summed E-state index contributed by atoms with van der Waals surface area (Å²) in [6.07, 6.45) is 9.49. The Balaban J connectivity index is 2.62. The van der Waals surface area contributed by atoms with E-state index in [1.807, 2.05) is 0 Å². The molecule has 0 saturated carbocycles. The van der Waals surface area contributed by atoms with E-state index in [-0.39, 0.29) is 0 Å². The third-order valence-electron chi connectivity index (χ3n) is 4.84. The van der Waals surface area contributed by atoms with E-state index < -0.39 is 0 Å². The summed E-state index contributed by atoms with van der Waals surface area (Å²) in [7, 11) is 0. The van der Waals surface area contributed by atoms with E-state index in [0.717, 1.165) is 0 Å². The zero-order chi connectivity index (χ0) is 14.4. The van der Waals surface area contributed by atoms with Crippen LogP contribution in [0.25, 0.3) is 0 Å². The Kier molecular flexibility index (Phi) is 7.39. The summed E-state index contributed by atoms with van der Waals surface area (Å²) < 4.78 is 0. The molecule has 1 fully saturated rings. The molecule has 1 aliphatic heterocycles. The van der Waals surface area contributed by atoms with E-state index >= 15 is 0 Å². The average molecular weight is 332 g/mol. The lowest BCUT2D eigenvalue weighted by Crippen LogP contribution is -2.39. The minimum absolute atomic E-state index is 0.512. The lowest BCUT2D eigenvalue weighted by molar-refractivity contribution is 0.147. The van der Waals surface area contributed by atoms with Gasteiger partial charge in [0.1, 0.15) is 0 Å². The van der Waals surface area contributed by atoms with Crippen LogP contribution in [0.15, 0.2) is 0 Å². The van der Waals surface area contributed by atoms with Crippen LogP contribution in [0.4, 0.5) is 0 Å². The van der Waals surface area contributed by atoms with E-state index in [9.17, 15) is 0 Å². The number of hydrogen-bond acceptors (Lipinski definition) is 1. The van der Waals surface area contributed by atoms with Crippen LogP contribution in [0, 0.1) is 10.8 Å². The fourth-order valence-corrected chi connectivity index (χ4v) is 4.37. The van der Waals surface area contributed by atoms with Gasteiger partial charge in [0.25, 0.3) is 0 Å². The van der Waals surface area contributed by atoms with Crippen molar-refractivity contribution < 1.29 is 0 Å². The zero-order valence-electron chi connectivity index (χ0n) is 13.6. The van der Waals surface area contributed by atoms with Gasteiger partial charge in [-0.25, -0.2) is 0 Å². The minimum Gasteiger partial charge on any atom is -0.303 e. The second kappa shape index (κ2) is 8.02. The van der Waals surface area contributed by atoms with Crippen LogP contribution in [0.1, 0.15) is 72.6 Å². The van der Waals surface area contributed by atoms with E-state index in [0.29, 0.717) is 10.8 Å². The molecule has 0 bridgehead atoms. The lowest BCUT2D eigenvalue weighted by Gasteiger charge is -2.37. The molecule has 0 N–H and O–H groups in total. The average Bonchev–Trinajstić information content (AvgIpc) is 2.51. The molecule has 1 rings (SSSR count). The summed E-state index contributed by atoms with van der Waals surface area (Å²) in [6, 6.07) is 0. The predicted molar refractivity (Wildman–Crippen MR) is 90.1 cm³/mol. The number of alkyl halides is 1. The van der Waals surface area contributed by atoms with Gasteiger partial charge in [-0.05, 0) is 56.0 Å². The molecule has 2 heteroatoms. The van der Waals surface area contributed by atoms with Crippen molar-refractivity contribution in [1.29, 1.82) is 0 Å². The largest absolute Gasteiger partial charge is 0.303 e. The van der Waals surface area contributed by atoms with Crippen LogP contribution < -0.4 is 0 Å². The van der Waals surface area contributed by atoms with Gasteiger partial charge >= 0.3 is 0 Å². The third kappa shape index (κ3) is 5.75. The van der Waals surface area contributed by atoms with Crippen LogP contribution in [0.2, 0.25) is 0 Å². The Hall–Kier alpha value is 0.440. The molecule has 0 aromatic rings. The molecule has 19 heavy (non-hydrogen) atoms. The molecule has 0 spiro atoms. The maximum atomic E-state index is 3.82. The first-order chi connectivity index (χ1) is 8.97. The summed E-state index contributed by atoms with van der Waals surface area (Å²) in [6.45, 7) is 13.5. The topological polar surface area (TPSA) is 3.24 Å². The highest BCUT2D eigenvalue weighted by Gasteiger charge is 2.31. The van der Waals surface area contributed by atoms with Crippen molar-refractivity contribution in [2.24, 2.45) is 10.8 Å². The molecule has 0 unspecified atom stereocenters. The van der Waals surface area contributed by atoms with E-state index in [4.69, 9.17) is 0 Å². The molecule has 0 aromatic carbocycles. The van der Waals surface area contributed by atoms with Crippen molar-refractivity contribution >= 4 is 15.9 Å². The smallest absolute Gasteiger partial charge is 0.0100 e. The maximum absolute atomic E-state index is 3.82. The molecule has 1 saturated heterocycles. The first kappa shape index (κ1) is 17.5. The summed E-state index contributed by atoms with van der Waals surface area (Å²) in [5.74, 6) is 0. The van der Waals surface area contributed by atoms with Gasteiger partial charge in [-0.15, -0.1) is 0 Å². The molecule has 0 radical (unpaired) electrons. The van der Waals surface area contributed by atoms with Crippen molar-refractivity contribution in [3.05, 3.63) is 0 Å². The van der Waals surface area contributed by atoms with Gasteiger partial charge in [0.15, 0.2) is 0 Å². The highest BCUT2D eigenvalue weighted by molar-refractivity contribution is 9.09. The molecular formula is C17H34BrN. The summed E-state index contributed by atoms with van der Waals surface area (Å²) >= 11 is 3.82. The lowest BCUT2D eigenvalue weighted by atomic mass is 9.80. The van der Waals surface area contributed by atoms with Gasteiger partial charge in [-0.2, -0.15) is 0 Å². The molecule has 1 aliphatic rings. The van der Waals surface area contributed by atoms with Crippen LogP contribution in [0.3, 0.4) is 0 Å². The van der Waals surface area contributed by atoms with E-state index in [2.05, 4.69) is 48.5 Å². The number of halogens is 1. The Morgan fingerprint density at radius 3 is 2.21 bits per heavy atom. The first-order valence-electron chi connectivity index (χ1n) is 8.25. The van der Waals surface area contributed by atoms with Crippen LogP contribution in [-0.4, -0.2) is 29.9 Å². The standard InChI is InChI=1S/C17H34BrN/c1-5-8-17(14-18,9-6-2)15-19-12-7-10-16(3,4)11-13-19/h5-15H2,1-4H3. The minimum atomic E-state index is 0.512. The van der Waals surface area contributed by atoms with Crippen molar-refractivity contribution in [3.63, 3.8) is 0 Å². The Morgan fingerprint density at radius 2 is 1.68 bits per heavy atom. The summed E-state index contributed by atoms with van der Waals surface area (Å²) in [5, 5.41) is 1.17. The van der Waals surface area contributed by atoms with Gasteiger partial charge < -0.3 is 4.90 Å². The van der Waals surface area contributed by atoms with Gasteiger partial charge in [0.2, 0.25) is 0 Å². The van der Waals surface area contributed by atoms with Crippen LogP contribution in [-0.2, 0) is 0 Å². The molecule has 1 heterocycles. The Labute approximate surface area is 129 Å². The number of rotatable bonds is 7. The van der Waals surface area contributed by atoms with E-state index in [1.54, 1.807) is 0 Å². The van der Waals surface area contributed by atoms with Gasteiger partial charge in [0.05, 0.1) is 0 Å². The van der Waals surface area contributed by atoms with E-state index in [1.165, 1.54) is 69.9 Å². The normalized spacial score (nSPS) is 21.3. The number of nitrogens with zero attached hydrogens (tertiary/aromatic N) is 1. The fraction of sp³-hybridized carbons (Fsp3) is 1.00. The first-order valence-corrected chi connectivity index (χ1v) is 9.37. The van der Waals surface area contributed by atoms with Gasteiger partial charge in [-0.3, -0.25) is 0 Å². The van der Waals surface area contributed by atoms with Crippen LogP contribution in [0.5, 0.6) is 0 Å². The van der Waals surface area contributed by atoms with Crippen molar-refractivity contribution in [1.82, 2.24) is 4.90 Å². The van der Waals surface area contributed by atoms with Crippen molar-refractivity contribution in [2.45, 2.75) is 72.6 Å². The summed E-state index contributed by atoms with van der Waals surface area (Å²) in [5.41, 5.74) is 1.07. The van der Waals surface area contributed by atoms with Crippen molar-refractivity contribution in [2.75, 3.05) is 25.0 Å². The third-order valence-corrected chi connectivity index (χ3v) is 6.03. The maximum Gasteiger partial charge on any atom is 0.0100 e. The molecule has 0 aromatic heterocycles. The Morgan fingerprint density at radius 1 is 1.05 bits per heavy atom. The predicted octanol–water partition coefficient (Wildman–Crippen LogP) is 5.48. The van der Waals surface area contributed by atoms with Crippen molar-refractivity contribution in [3.8, 4) is 0 Å². The molecule has 1 nitrogen and oxygen atoms in total. The fourth-order valence-electron chi connectivity index (χ4n) is 3.63. The number of likely N-dealkylation sites (tertiary alicyclic amines) is 1. The highest BCUT2D eigenvalue weighted by Crippen LogP contribution is 2.36. The second-order valence-electron chi connectivity index (χ2n) is 7.43. The second-order valence-corrected chi connectivity index (χ2v) is 7.99. The zero-order valence-corrected chi connectivity index (χ0v) is 15.2. The Bertz CT molecular complexity index is 244. The number of hydrogen-bond donors (Lipinski definition) is 0. The quantitative estimate of drug-likeness (QED) is 0.558. The summed E-state index contributed by atoms with van der Waals surface area (Å²) in [4.78, 5) is 2.75. The molecule has 0 aliphatic carbocycles. The molecular weight excluding hydrogens is 298 g/mol. The highest BCUT2D eigenvalue weighted by atomic mass is 79.9. The monoisotopic (exact) mass is 331 g/mol. The van der Waals surface area contributed by atoms with Gasteiger partial charge in [-0.1, -0.05) is 56.5 Å². The molecule has 114 valence electrons. The molecule has 0 atom stereocenters.